The number of nitrogens with zero attached hydrogens (tertiary/aromatic N) is 5. The SMILES string of the molecule is C#Cc1c(F)ccc2cc(O)cc(-c3cnc4c(N5CC6CCC(C5)N6)nc(OCC5(CN6CCOCC6)CC5)nc4c3SC)c12. The van der Waals surface area contributed by atoms with Crippen molar-refractivity contribution in [3.05, 3.63) is 41.8 Å². The fraction of sp³-hybridized carbons (Fsp3) is 0.457. The predicted molar refractivity (Wildman–Crippen MR) is 178 cm³/mol. The third-order valence-electron chi connectivity index (χ3n) is 9.96. The Balaban J connectivity index is 1.24. The van der Waals surface area contributed by atoms with Crippen LogP contribution in [-0.4, -0.2) is 95.8 Å². The number of nitrogens with one attached hydrogen (secondary N) is 1. The summed E-state index contributed by atoms with van der Waals surface area (Å²) >= 11 is 1.53. The van der Waals surface area contributed by atoms with E-state index in [1.165, 1.54) is 17.8 Å². The molecule has 9 nitrogen and oxygen atoms in total. The number of hydrogen-bond donors (Lipinski definition) is 2. The van der Waals surface area contributed by atoms with Gasteiger partial charge in [-0.05, 0) is 61.1 Å². The average molecular weight is 641 g/mol. The van der Waals surface area contributed by atoms with E-state index in [0.29, 0.717) is 57.6 Å². The normalized spacial score (nSPS) is 22.3. The van der Waals surface area contributed by atoms with Crippen LogP contribution in [0.3, 0.4) is 0 Å². The molecule has 4 aromatic rings. The molecule has 2 bridgehead atoms. The largest absolute Gasteiger partial charge is 0.508 e. The molecule has 2 atom stereocenters. The smallest absolute Gasteiger partial charge is 0.319 e. The molecule has 2 aromatic carbocycles. The highest BCUT2D eigenvalue weighted by molar-refractivity contribution is 7.99. The highest BCUT2D eigenvalue weighted by Gasteiger charge is 2.45. The number of aromatic nitrogens is 3. The number of phenols is 1. The van der Waals surface area contributed by atoms with Gasteiger partial charge in [0.2, 0.25) is 0 Å². The molecular weight excluding hydrogens is 603 g/mol. The molecule has 0 amide bonds. The number of piperazine rings is 1. The Morgan fingerprint density at radius 2 is 1.91 bits per heavy atom. The van der Waals surface area contributed by atoms with Crippen LogP contribution < -0.4 is 15.0 Å². The van der Waals surface area contributed by atoms with Crippen LogP contribution >= 0.6 is 11.8 Å². The van der Waals surface area contributed by atoms with E-state index in [-0.39, 0.29) is 16.7 Å². The number of rotatable bonds is 8. The lowest BCUT2D eigenvalue weighted by atomic mass is 9.94. The maximum absolute atomic E-state index is 15.0. The monoisotopic (exact) mass is 640 g/mol. The third kappa shape index (κ3) is 5.41. The van der Waals surface area contributed by atoms with Crippen molar-refractivity contribution in [1.29, 1.82) is 0 Å². The van der Waals surface area contributed by atoms with Crippen LogP contribution in [0.4, 0.5) is 10.2 Å². The number of hydrogen-bond acceptors (Lipinski definition) is 10. The number of aromatic hydroxyl groups is 1. The van der Waals surface area contributed by atoms with Gasteiger partial charge in [0.1, 0.15) is 22.6 Å². The molecule has 0 spiro atoms. The summed E-state index contributed by atoms with van der Waals surface area (Å²) in [6.07, 6.45) is 14.1. The van der Waals surface area contributed by atoms with Gasteiger partial charge in [-0.3, -0.25) is 4.90 Å². The fourth-order valence-electron chi connectivity index (χ4n) is 7.42. The van der Waals surface area contributed by atoms with Gasteiger partial charge in [-0.15, -0.1) is 18.2 Å². The van der Waals surface area contributed by atoms with Crippen molar-refractivity contribution in [1.82, 2.24) is 25.2 Å². The molecule has 11 heteroatoms. The highest BCUT2D eigenvalue weighted by Crippen LogP contribution is 2.47. The average Bonchev–Trinajstić information content (AvgIpc) is 3.76. The Kier molecular flexibility index (Phi) is 7.64. The summed E-state index contributed by atoms with van der Waals surface area (Å²) in [5, 5.41) is 15.6. The molecule has 3 saturated heterocycles. The van der Waals surface area contributed by atoms with Crippen molar-refractivity contribution in [3.63, 3.8) is 0 Å². The van der Waals surface area contributed by atoms with Gasteiger partial charge in [-0.2, -0.15) is 9.97 Å². The zero-order valence-electron chi connectivity index (χ0n) is 25.9. The summed E-state index contributed by atoms with van der Waals surface area (Å²) in [4.78, 5) is 20.6. The third-order valence-corrected chi connectivity index (χ3v) is 10.8. The van der Waals surface area contributed by atoms with Crippen molar-refractivity contribution < 1.29 is 19.0 Å². The van der Waals surface area contributed by atoms with E-state index in [2.05, 4.69) is 21.0 Å². The molecule has 8 rings (SSSR count). The Morgan fingerprint density at radius 3 is 2.63 bits per heavy atom. The first kappa shape index (κ1) is 29.7. The molecule has 2 aromatic heterocycles. The lowest BCUT2D eigenvalue weighted by Crippen LogP contribution is -2.51. The second-order valence-electron chi connectivity index (χ2n) is 13.1. The maximum atomic E-state index is 15.0. The fourth-order valence-corrected chi connectivity index (χ4v) is 8.14. The van der Waals surface area contributed by atoms with Crippen molar-refractivity contribution in [3.8, 4) is 35.2 Å². The molecule has 1 saturated carbocycles. The Hall–Kier alpha value is -3.69. The van der Waals surface area contributed by atoms with Crippen LogP contribution in [0.15, 0.2) is 35.4 Å². The van der Waals surface area contributed by atoms with Gasteiger partial charge in [0.25, 0.3) is 0 Å². The van der Waals surface area contributed by atoms with Gasteiger partial charge in [0, 0.05) is 72.3 Å². The number of anilines is 1. The van der Waals surface area contributed by atoms with Crippen LogP contribution in [0.5, 0.6) is 11.8 Å². The molecule has 2 N–H and O–H groups in total. The Bertz CT molecular complexity index is 1860. The van der Waals surface area contributed by atoms with Crippen molar-refractivity contribution in [2.75, 3.05) is 63.7 Å². The molecule has 0 radical (unpaired) electrons. The quantitative estimate of drug-likeness (QED) is 0.206. The van der Waals surface area contributed by atoms with Gasteiger partial charge in [0.05, 0.1) is 25.4 Å². The summed E-state index contributed by atoms with van der Waals surface area (Å²) in [5.41, 5.74) is 2.94. The molecule has 3 aliphatic heterocycles. The van der Waals surface area contributed by atoms with E-state index >= 15 is 0 Å². The summed E-state index contributed by atoms with van der Waals surface area (Å²) in [5.74, 6) is 2.88. The van der Waals surface area contributed by atoms with E-state index in [4.69, 9.17) is 30.8 Å². The molecule has 46 heavy (non-hydrogen) atoms. The van der Waals surface area contributed by atoms with E-state index in [9.17, 15) is 9.50 Å². The standard InChI is InChI=1S/C35H37FN6O3S/c1-3-25-28(36)7-4-21-14-24(43)15-26(29(21)25)27-16-37-31-30(32(27)46-2)39-34(40-33(31)42-17-22-5-6-23(18-42)38-22)45-20-35(8-9-35)19-41-10-12-44-13-11-41/h1,4,7,14-16,22-23,38,43H,5-6,8-13,17-20H2,2H3. The van der Waals surface area contributed by atoms with Crippen LogP contribution in [-0.2, 0) is 4.74 Å². The van der Waals surface area contributed by atoms with Gasteiger partial charge >= 0.3 is 6.01 Å². The Morgan fingerprint density at radius 1 is 1.13 bits per heavy atom. The van der Waals surface area contributed by atoms with Crippen LogP contribution in [0, 0.1) is 23.6 Å². The minimum absolute atomic E-state index is 0.0583. The number of pyridine rings is 1. The first-order valence-corrected chi connectivity index (χ1v) is 17.3. The van der Waals surface area contributed by atoms with Gasteiger partial charge in [0.15, 0.2) is 5.82 Å². The molecule has 2 unspecified atom stereocenters. The van der Waals surface area contributed by atoms with Gasteiger partial charge in [-0.1, -0.05) is 12.0 Å². The lowest BCUT2D eigenvalue weighted by molar-refractivity contribution is 0.0231. The molecule has 4 aliphatic rings. The first-order valence-electron chi connectivity index (χ1n) is 16.0. The minimum Gasteiger partial charge on any atom is -0.508 e. The topological polar surface area (TPSA) is 95.9 Å². The molecule has 4 fully saturated rings. The molecule has 238 valence electrons. The Labute approximate surface area is 271 Å². The second-order valence-corrected chi connectivity index (χ2v) is 13.9. The second kappa shape index (κ2) is 11.8. The number of terminal acetylenes is 1. The van der Waals surface area contributed by atoms with Crippen LogP contribution in [0.1, 0.15) is 31.2 Å². The number of benzene rings is 2. The number of ether oxygens (including phenoxy) is 2. The van der Waals surface area contributed by atoms with Crippen LogP contribution in [0.25, 0.3) is 32.9 Å². The predicted octanol–water partition coefficient (Wildman–Crippen LogP) is 4.82. The summed E-state index contributed by atoms with van der Waals surface area (Å²) in [6.45, 7) is 6.65. The lowest BCUT2D eigenvalue weighted by Gasteiger charge is -2.34. The number of halogens is 1. The first-order chi connectivity index (χ1) is 22.4. The van der Waals surface area contributed by atoms with Gasteiger partial charge < -0.3 is 24.8 Å². The van der Waals surface area contributed by atoms with Crippen LogP contribution in [0.2, 0.25) is 0 Å². The summed E-state index contributed by atoms with van der Waals surface area (Å²) in [7, 11) is 0. The number of morpholine rings is 1. The highest BCUT2D eigenvalue weighted by atomic mass is 32.2. The van der Waals surface area contributed by atoms with Crippen molar-refractivity contribution in [2.24, 2.45) is 5.41 Å². The van der Waals surface area contributed by atoms with Crippen molar-refractivity contribution in [2.45, 2.75) is 42.7 Å². The number of phenolic OH excluding ortho intramolecular Hbond substituents is 1. The zero-order valence-corrected chi connectivity index (χ0v) is 26.7. The number of thioether (sulfide) groups is 1. The maximum Gasteiger partial charge on any atom is 0.319 e. The zero-order chi connectivity index (χ0) is 31.4. The van der Waals surface area contributed by atoms with Gasteiger partial charge in [-0.25, -0.2) is 9.37 Å². The van der Waals surface area contributed by atoms with E-state index in [1.54, 1.807) is 24.4 Å². The van der Waals surface area contributed by atoms with E-state index in [1.807, 2.05) is 6.26 Å². The minimum atomic E-state index is -0.485. The number of fused-ring (bicyclic) bond motifs is 4. The molecule has 5 heterocycles. The molecule has 1 aliphatic carbocycles. The van der Waals surface area contributed by atoms with Crippen molar-refractivity contribution >= 4 is 39.4 Å². The van der Waals surface area contributed by atoms with E-state index in [0.717, 1.165) is 82.3 Å². The van der Waals surface area contributed by atoms with E-state index < -0.39 is 5.82 Å². The summed E-state index contributed by atoms with van der Waals surface area (Å²) < 4.78 is 27.0. The summed E-state index contributed by atoms with van der Waals surface area (Å²) in [6, 6.07) is 7.36. The molecular formula is C35H37FN6O3S.